The molecule has 4 rings (SSSR count). The first-order valence-electron chi connectivity index (χ1n) is 8.22. The number of ether oxygens (including phenoxy) is 2. The van der Waals surface area contributed by atoms with E-state index in [9.17, 15) is 0 Å². The Morgan fingerprint density at radius 1 is 1.05 bits per heavy atom. The first-order valence-corrected chi connectivity index (χ1v) is 8.22. The van der Waals surface area contributed by atoms with Crippen LogP contribution in [0.1, 0.15) is 25.0 Å². The van der Waals surface area contributed by atoms with Gasteiger partial charge in [-0.1, -0.05) is 30.7 Å². The zero-order valence-corrected chi connectivity index (χ0v) is 12.8. The molecule has 0 N–H and O–H groups in total. The first-order chi connectivity index (χ1) is 10.9. The zero-order chi connectivity index (χ0) is 14.8. The van der Waals surface area contributed by atoms with E-state index in [0.717, 1.165) is 43.9 Å². The summed E-state index contributed by atoms with van der Waals surface area (Å²) in [5.41, 5.74) is 2.20. The molecule has 1 aromatic carbocycles. The van der Waals surface area contributed by atoms with Crippen LogP contribution in [-0.4, -0.2) is 42.0 Å². The Balaban J connectivity index is 1.53. The average Bonchev–Trinajstić information content (AvgIpc) is 3.10. The molecule has 2 fully saturated rings. The van der Waals surface area contributed by atoms with E-state index >= 15 is 0 Å². The van der Waals surface area contributed by atoms with E-state index in [1.165, 1.54) is 18.2 Å². The molecule has 0 radical (unpaired) electrons. The predicted molar refractivity (Wildman–Crippen MR) is 85.5 cm³/mol. The minimum Gasteiger partial charge on any atom is -0.349 e. The molecule has 3 heterocycles. The van der Waals surface area contributed by atoms with Gasteiger partial charge >= 0.3 is 0 Å². The molecule has 1 aromatic heterocycles. The Morgan fingerprint density at radius 3 is 2.82 bits per heavy atom. The number of benzene rings is 1. The van der Waals surface area contributed by atoms with Gasteiger partial charge in [0.2, 0.25) is 0 Å². The fourth-order valence-electron chi connectivity index (χ4n) is 3.52. The van der Waals surface area contributed by atoms with Gasteiger partial charge in [0.25, 0.3) is 0 Å². The lowest BCUT2D eigenvalue weighted by molar-refractivity contribution is -0.111. The lowest BCUT2D eigenvalue weighted by Crippen LogP contribution is -2.46. The van der Waals surface area contributed by atoms with Crippen molar-refractivity contribution in [3.05, 3.63) is 42.1 Å². The van der Waals surface area contributed by atoms with E-state index in [0.29, 0.717) is 6.04 Å². The fraction of sp³-hybridized carbons (Fsp3) is 0.500. The van der Waals surface area contributed by atoms with Gasteiger partial charge in [0.1, 0.15) is 0 Å². The summed E-state index contributed by atoms with van der Waals surface area (Å²) in [6, 6.07) is 13.0. The highest BCUT2D eigenvalue weighted by Gasteiger charge is 2.33. The van der Waals surface area contributed by atoms with Gasteiger partial charge in [0.05, 0.1) is 30.5 Å². The number of rotatable bonds is 3. The molecule has 0 spiro atoms. The van der Waals surface area contributed by atoms with E-state index < -0.39 is 0 Å². The van der Waals surface area contributed by atoms with Crippen LogP contribution in [0.4, 0.5) is 0 Å². The van der Waals surface area contributed by atoms with Crippen LogP contribution in [0.3, 0.4) is 0 Å². The van der Waals surface area contributed by atoms with Crippen LogP contribution in [-0.2, 0) is 16.0 Å². The number of likely N-dealkylation sites (tertiary alicyclic amines) is 1. The fourth-order valence-corrected chi connectivity index (χ4v) is 3.52. The van der Waals surface area contributed by atoms with Gasteiger partial charge in [0.15, 0.2) is 6.29 Å². The van der Waals surface area contributed by atoms with Gasteiger partial charge in [-0.05, 0) is 31.5 Å². The second-order valence-corrected chi connectivity index (χ2v) is 6.14. The average molecular weight is 298 g/mol. The molecule has 2 aromatic rings. The van der Waals surface area contributed by atoms with Crippen molar-refractivity contribution in [2.24, 2.45) is 0 Å². The van der Waals surface area contributed by atoms with Gasteiger partial charge < -0.3 is 9.47 Å². The number of hydrogen-bond acceptors (Lipinski definition) is 4. The minimum absolute atomic E-state index is 0.0549. The molecule has 0 saturated carbocycles. The van der Waals surface area contributed by atoms with Crippen LogP contribution < -0.4 is 0 Å². The van der Waals surface area contributed by atoms with E-state index in [2.05, 4.69) is 35.2 Å². The van der Waals surface area contributed by atoms with Crippen LogP contribution in [0.2, 0.25) is 0 Å². The molecule has 0 amide bonds. The van der Waals surface area contributed by atoms with Gasteiger partial charge in [-0.3, -0.25) is 9.88 Å². The number of hydrogen-bond donors (Lipinski definition) is 0. The maximum atomic E-state index is 5.75. The molecule has 4 heteroatoms. The predicted octanol–water partition coefficient (Wildman–Crippen LogP) is 2.96. The Bertz CT molecular complexity index is 640. The monoisotopic (exact) mass is 298 g/mol. The van der Waals surface area contributed by atoms with Gasteiger partial charge in [-0.2, -0.15) is 0 Å². The topological polar surface area (TPSA) is 34.6 Å². The van der Waals surface area contributed by atoms with Crippen LogP contribution in [0, 0.1) is 0 Å². The number of nitrogens with zero attached hydrogens (tertiary/aromatic N) is 2. The number of fused-ring (bicyclic) bond motifs is 1. The van der Waals surface area contributed by atoms with Crippen molar-refractivity contribution >= 4 is 10.9 Å². The summed E-state index contributed by atoms with van der Waals surface area (Å²) >= 11 is 0. The van der Waals surface area contributed by atoms with Crippen LogP contribution in [0.5, 0.6) is 0 Å². The number of pyridine rings is 1. The highest BCUT2D eigenvalue weighted by Crippen LogP contribution is 2.26. The molecule has 1 atom stereocenters. The van der Waals surface area contributed by atoms with E-state index in [-0.39, 0.29) is 6.29 Å². The molecule has 22 heavy (non-hydrogen) atoms. The number of para-hydroxylation sites is 1. The van der Waals surface area contributed by atoms with Gasteiger partial charge in [-0.15, -0.1) is 0 Å². The quantitative estimate of drug-likeness (QED) is 0.872. The Morgan fingerprint density at radius 2 is 1.91 bits per heavy atom. The second-order valence-electron chi connectivity index (χ2n) is 6.14. The van der Waals surface area contributed by atoms with Crippen molar-refractivity contribution in [1.82, 2.24) is 9.88 Å². The van der Waals surface area contributed by atoms with Crippen molar-refractivity contribution in [1.29, 1.82) is 0 Å². The molecule has 0 aliphatic carbocycles. The van der Waals surface area contributed by atoms with E-state index in [4.69, 9.17) is 14.5 Å². The summed E-state index contributed by atoms with van der Waals surface area (Å²) in [6.45, 7) is 3.42. The molecule has 2 saturated heterocycles. The highest BCUT2D eigenvalue weighted by molar-refractivity contribution is 5.78. The molecule has 2 aliphatic rings. The summed E-state index contributed by atoms with van der Waals surface area (Å²) in [7, 11) is 0. The van der Waals surface area contributed by atoms with Crippen molar-refractivity contribution in [3.63, 3.8) is 0 Å². The summed E-state index contributed by atoms with van der Waals surface area (Å²) in [5, 5.41) is 1.20. The standard InChI is InChI=1S/C18H22N2O2/c1-2-6-16-14(5-1)8-9-15(19-16)13-20-10-4-3-7-17(20)18-21-11-12-22-18/h1-2,5-6,8-9,17-18H,3-4,7,10-13H2/t17-/m0/s1. The highest BCUT2D eigenvalue weighted by atomic mass is 16.7. The van der Waals surface area contributed by atoms with Gasteiger partial charge in [-0.25, -0.2) is 0 Å². The first kappa shape index (κ1) is 14.1. The molecular formula is C18H22N2O2. The molecular weight excluding hydrogens is 276 g/mol. The lowest BCUT2D eigenvalue weighted by atomic mass is 10.0. The van der Waals surface area contributed by atoms with Crippen LogP contribution in [0.25, 0.3) is 10.9 Å². The minimum atomic E-state index is -0.0549. The smallest absolute Gasteiger partial charge is 0.173 e. The number of piperidine rings is 1. The molecule has 0 bridgehead atoms. The lowest BCUT2D eigenvalue weighted by Gasteiger charge is -2.37. The molecule has 4 nitrogen and oxygen atoms in total. The Hall–Kier alpha value is -1.49. The van der Waals surface area contributed by atoms with E-state index in [1.807, 2.05) is 6.07 Å². The van der Waals surface area contributed by atoms with Gasteiger partial charge in [0, 0.05) is 11.9 Å². The third-order valence-electron chi connectivity index (χ3n) is 4.65. The van der Waals surface area contributed by atoms with Crippen molar-refractivity contribution < 1.29 is 9.47 Å². The molecule has 0 unspecified atom stereocenters. The Labute approximate surface area is 131 Å². The molecule has 116 valence electrons. The number of aromatic nitrogens is 1. The molecule has 2 aliphatic heterocycles. The third-order valence-corrected chi connectivity index (χ3v) is 4.65. The maximum Gasteiger partial charge on any atom is 0.173 e. The zero-order valence-electron chi connectivity index (χ0n) is 12.8. The largest absolute Gasteiger partial charge is 0.349 e. The van der Waals surface area contributed by atoms with Crippen LogP contribution in [0.15, 0.2) is 36.4 Å². The third kappa shape index (κ3) is 2.86. The van der Waals surface area contributed by atoms with E-state index in [1.54, 1.807) is 0 Å². The maximum absolute atomic E-state index is 5.75. The SMILES string of the molecule is c1ccc2nc(CN3CCCC[C@H]3C3OCCO3)ccc2c1. The van der Waals surface area contributed by atoms with Crippen molar-refractivity contribution in [2.45, 2.75) is 38.1 Å². The second kappa shape index (κ2) is 6.32. The van der Waals surface area contributed by atoms with Crippen molar-refractivity contribution in [2.75, 3.05) is 19.8 Å². The Kier molecular flexibility index (Phi) is 4.06. The summed E-state index contributed by atoms with van der Waals surface area (Å²) in [5.74, 6) is 0. The van der Waals surface area contributed by atoms with Crippen molar-refractivity contribution in [3.8, 4) is 0 Å². The normalized spacial score (nSPS) is 24.1. The van der Waals surface area contributed by atoms with Crippen LogP contribution >= 0.6 is 0 Å². The summed E-state index contributed by atoms with van der Waals surface area (Å²) in [4.78, 5) is 7.29. The summed E-state index contributed by atoms with van der Waals surface area (Å²) < 4.78 is 11.5. The summed E-state index contributed by atoms with van der Waals surface area (Å²) in [6.07, 6.45) is 3.60.